The number of nitrogens with two attached hydrogens (primary N) is 1. The van der Waals surface area contributed by atoms with Crippen molar-refractivity contribution in [2.75, 3.05) is 6.61 Å². The van der Waals surface area contributed by atoms with Crippen molar-refractivity contribution in [1.82, 2.24) is 0 Å². The molecule has 0 radical (unpaired) electrons. The predicted molar refractivity (Wildman–Crippen MR) is 85.0 cm³/mol. The maximum Gasteiger partial charge on any atom is 0.124 e. The van der Waals surface area contributed by atoms with Gasteiger partial charge in [0.05, 0.1) is 6.61 Å². The van der Waals surface area contributed by atoms with Crippen LogP contribution in [0.1, 0.15) is 69.9 Å². The first kappa shape index (κ1) is 15.4. The molecule has 1 aromatic carbocycles. The number of ether oxygens (including phenoxy) is 1. The van der Waals surface area contributed by atoms with Gasteiger partial charge in [0.15, 0.2) is 0 Å². The first-order valence-electron chi connectivity index (χ1n) is 8.28. The van der Waals surface area contributed by atoms with Crippen LogP contribution in [-0.4, -0.2) is 6.61 Å². The molecule has 2 N–H and O–H groups in total. The van der Waals surface area contributed by atoms with Gasteiger partial charge in [0.2, 0.25) is 0 Å². The normalized spacial score (nSPS) is 17.9. The Labute approximate surface area is 123 Å². The molecule has 0 heterocycles. The van der Waals surface area contributed by atoms with Gasteiger partial charge in [0.1, 0.15) is 5.75 Å². The lowest BCUT2D eigenvalue weighted by molar-refractivity contribution is 0.305. The summed E-state index contributed by atoms with van der Waals surface area (Å²) >= 11 is 0. The summed E-state index contributed by atoms with van der Waals surface area (Å²) < 4.78 is 5.82. The molecule has 1 aliphatic carbocycles. The molecule has 0 amide bonds. The molecular weight excluding hydrogens is 246 g/mol. The average Bonchev–Trinajstić information content (AvgIpc) is 2.52. The van der Waals surface area contributed by atoms with Crippen LogP contribution in [0.2, 0.25) is 0 Å². The highest BCUT2D eigenvalue weighted by Gasteiger charge is 2.17. The van der Waals surface area contributed by atoms with Gasteiger partial charge < -0.3 is 10.5 Å². The van der Waals surface area contributed by atoms with E-state index in [1.165, 1.54) is 44.1 Å². The van der Waals surface area contributed by atoms with Gasteiger partial charge in [-0.15, -0.1) is 0 Å². The Morgan fingerprint density at radius 2 is 1.95 bits per heavy atom. The molecule has 0 spiro atoms. The van der Waals surface area contributed by atoms with Crippen LogP contribution < -0.4 is 10.5 Å². The quantitative estimate of drug-likeness (QED) is 0.773. The monoisotopic (exact) mass is 275 g/mol. The second-order valence-electron chi connectivity index (χ2n) is 6.07. The number of para-hydroxylation sites is 1. The molecule has 2 nitrogen and oxygen atoms in total. The van der Waals surface area contributed by atoms with E-state index in [0.29, 0.717) is 0 Å². The molecular formula is C18H29NO. The van der Waals surface area contributed by atoms with E-state index in [9.17, 15) is 0 Å². The zero-order valence-electron chi connectivity index (χ0n) is 12.8. The van der Waals surface area contributed by atoms with Crippen LogP contribution in [0.5, 0.6) is 5.75 Å². The lowest BCUT2D eigenvalue weighted by Gasteiger charge is -2.23. The number of hydrogen-bond acceptors (Lipinski definition) is 2. The molecule has 0 saturated heterocycles. The maximum absolute atomic E-state index is 6.40. The second-order valence-corrected chi connectivity index (χ2v) is 6.07. The minimum Gasteiger partial charge on any atom is -0.493 e. The smallest absolute Gasteiger partial charge is 0.124 e. The van der Waals surface area contributed by atoms with E-state index in [1.54, 1.807) is 0 Å². The molecule has 0 aromatic heterocycles. The third kappa shape index (κ3) is 4.52. The summed E-state index contributed by atoms with van der Waals surface area (Å²) in [5, 5.41) is 0. The highest BCUT2D eigenvalue weighted by Crippen LogP contribution is 2.32. The molecule has 2 rings (SSSR count). The summed E-state index contributed by atoms with van der Waals surface area (Å²) in [5.74, 6) is 1.88. The SMILES string of the molecule is CCCOc1ccccc1C(N)CCC1CCCCC1. The Bertz CT molecular complexity index is 385. The molecule has 1 aliphatic rings. The predicted octanol–water partition coefficient (Wildman–Crippen LogP) is 4.84. The van der Waals surface area contributed by atoms with E-state index in [0.717, 1.165) is 31.1 Å². The number of benzene rings is 1. The van der Waals surface area contributed by atoms with Crippen LogP contribution in [-0.2, 0) is 0 Å². The molecule has 0 bridgehead atoms. The van der Waals surface area contributed by atoms with E-state index in [-0.39, 0.29) is 6.04 Å². The molecule has 20 heavy (non-hydrogen) atoms. The summed E-state index contributed by atoms with van der Waals surface area (Å²) in [4.78, 5) is 0. The largest absolute Gasteiger partial charge is 0.493 e. The van der Waals surface area contributed by atoms with Crippen molar-refractivity contribution in [2.24, 2.45) is 11.7 Å². The van der Waals surface area contributed by atoms with E-state index in [2.05, 4.69) is 19.1 Å². The number of hydrogen-bond donors (Lipinski definition) is 1. The second kappa shape index (κ2) is 8.31. The molecule has 1 unspecified atom stereocenters. The maximum atomic E-state index is 6.40. The van der Waals surface area contributed by atoms with Gasteiger partial charge in [0.25, 0.3) is 0 Å². The van der Waals surface area contributed by atoms with Crippen LogP contribution in [0.15, 0.2) is 24.3 Å². The third-order valence-electron chi connectivity index (χ3n) is 4.39. The van der Waals surface area contributed by atoms with Crippen molar-refractivity contribution in [2.45, 2.75) is 64.3 Å². The van der Waals surface area contributed by atoms with Gasteiger partial charge in [0, 0.05) is 11.6 Å². The van der Waals surface area contributed by atoms with Crippen molar-refractivity contribution < 1.29 is 4.74 Å². The van der Waals surface area contributed by atoms with Crippen LogP contribution in [0.4, 0.5) is 0 Å². The lowest BCUT2D eigenvalue weighted by Crippen LogP contribution is -2.15. The first-order valence-corrected chi connectivity index (χ1v) is 8.28. The molecule has 1 saturated carbocycles. The Kier molecular flexibility index (Phi) is 6.38. The van der Waals surface area contributed by atoms with E-state index in [1.807, 2.05) is 12.1 Å². The van der Waals surface area contributed by atoms with Gasteiger partial charge in [-0.1, -0.05) is 57.2 Å². The highest BCUT2D eigenvalue weighted by molar-refractivity contribution is 5.35. The molecule has 1 atom stereocenters. The zero-order chi connectivity index (χ0) is 14.2. The summed E-state index contributed by atoms with van der Waals surface area (Å²) in [6.45, 7) is 2.90. The standard InChI is InChI=1S/C18H29NO/c1-2-14-20-18-11-7-6-10-16(18)17(19)13-12-15-8-4-3-5-9-15/h6-7,10-11,15,17H,2-5,8-9,12-14,19H2,1H3. The van der Waals surface area contributed by atoms with E-state index in [4.69, 9.17) is 10.5 Å². The van der Waals surface area contributed by atoms with E-state index >= 15 is 0 Å². The highest BCUT2D eigenvalue weighted by atomic mass is 16.5. The minimum absolute atomic E-state index is 0.116. The summed E-state index contributed by atoms with van der Waals surface area (Å²) in [6.07, 6.45) is 10.4. The fraction of sp³-hybridized carbons (Fsp3) is 0.667. The fourth-order valence-electron chi connectivity index (χ4n) is 3.18. The molecule has 2 heteroatoms. The summed E-state index contributed by atoms with van der Waals surface area (Å²) in [6, 6.07) is 8.38. The molecule has 0 aliphatic heterocycles. The van der Waals surface area contributed by atoms with Crippen LogP contribution in [0.25, 0.3) is 0 Å². The molecule has 1 aromatic rings. The molecule has 112 valence electrons. The lowest BCUT2D eigenvalue weighted by atomic mass is 9.84. The third-order valence-corrected chi connectivity index (χ3v) is 4.39. The van der Waals surface area contributed by atoms with Crippen molar-refractivity contribution in [3.63, 3.8) is 0 Å². The zero-order valence-corrected chi connectivity index (χ0v) is 12.8. The minimum atomic E-state index is 0.116. The van der Waals surface area contributed by atoms with Gasteiger partial charge in [-0.05, 0) is 31.2 Å². The first-order chi connectivity index (χ1) is 9.81. The van der Waals surface area contributed by atoms with Gasteiger partial charge in [-0.3, -0.25) is 0 Å². The van der Waals surface area contributed by atoms with E-state index < -0.39 is 0 Å². The Hall–Kier alpha value is -1.02. The van der Waals surface area contributed by atoms with Crippen LogP contribution in [0.3, 0.4) is 0 Å². The topological polar surface area (TPSA) is 35.2 Å². The van der Waals surface area contributed by atoms with Gasteiger partial charge in [-0.25, -0.2) is 0 Å². The summed E-state index contributed by atoms with van der Waals surface area (Å²) in [5.41, 5.74) is 7.58. The van der Waals surface area contributed by atoms with Gasteiger partial charge >= 0.3 is 0 Å². The van der Waals surface area contributed by atoms with Crippen LogP contribution in [0, 0.1) is 5.92 Å². The Morgan fingerprint density at radius 1 is 1.20 bits per heavy atom. The van der Waals surface area contributed by atoms with Crippen molar-refractivity contribution in [1.29, 1.82) is 0 Å². The van der Waals surface area contributed by atoms with Crippen molar-refractivity contribution in [3.05, 3.63) is 29.8 Å². The average molecular weight is 275 g/mol. The Morgan fingerprint density at radius 3 is 2.70 bits per heavy atom. The fourth-order valence-corrected chi connectivity index (χ4v) is 3.18. The Balaban J connectivity index is 1.88. The summed E-state index contributed by atoms with van der Waals surface area (Å²) in [7, 11) is 0. The molecule has 1 fully saturated rings. The van der Waals surface area contributed by atoms with Crippen molar-refractivity contribution >= 4 is 0 Å². The van der Waals surface area contributed by atoms with Crippen LogP contribution >= 0.6 is 0 Å². The number of rotatable bonds is 7. The van der Waals surface area contributed by atoms with Gasteiger partial charge in [-0.2, -0.15) is 0 Å². The van der Waals surface area contributed by atoms with Crippen molar-refractivity contribution in [3.8, 4) is 5.75 Å².